The van der Waals surface area contributed by atoms with Crippen LogP contribution in [0.3, 0.4) is 0 Å². The maximum Gasteiger partial charge on any atom is 0.409 e. The zero-order chi connectivity index (χ0) is 20.0. The summed E-state index contributed by atoms with van der Waals surface area (Å²) in [5, 5.41) is 2.81. The summed E-state index contributed by atoms with van der Waals surface area (Å²) in [5.74, 6) is -0.391. The Labute approximate surface area is 160 Å². The predicted molar refractivity (Wildman–Crippen MR) is 101 cm³/mol. The van der Waals surface area contributed by atoms with E-state index < -0.39 is 15.9 Å². The lowest BCUT2D eigenvalue weighted by molar-refractivity contribution is -0.120. The van der Waals surface area contributed by atoms with Gasteiger partial charge in [-0.1, -0.05) is 17.7 Å². The Morgan fingerprint density at radius 2 is 1.89 bits per heavy atom. The van der Waals surface area contributed by atoms with Crippen molar-refractivity contribution in [1.82, 2.24) is 14.9 Å². The van der Waals surface area contributed by atoms with Crippen molar-refractivity contribution in [2.45, 2.75) is 44.6 Å². The Morgan fingerprint density at radius 1 is 1.22 bits per heavy atom. The van der Waals surface area contributed by atoms with E-state index in [1.165, 1.54) is 6.07 Å². The highest BCUT2D eigenvalue weighted by atomic mass is 32.2. The fourth-order valence-electron chi connectivity index (χ4n) is 3.04. The molecule has 0 aliphatic carbocycles. The van der Waals surface area contributed by atoms with E-state index in [0.29, 0.717) is 38.1 Å². The van der Waals surface area contributed by atoms with E-state index in [9.17, 15) is 18.0 Å². The van der Waals surface area contributed by atoms with E-state index in [-0.39, 0.29) is 23.6 Å². The zero-order valence-corrected chi connectivity index (χ0v) is 16.8. The summed E-state index contributed by atoms with van der Waals surface area (Å²) in [6, 6.07) is 4.95. The van der Waals surface area contributed by atoms with Gasteiger partial charge in [-0.3, -0.25) is 4.79 Å². The third-order valence-corrected chi connectivity index (χ3v) is 5.99. The highest BCUT2D eigenvalue weighted by molar-refractivity contribution is 7.89. The number of rotatable bonds is 6. The van der Waals surface area contributed by atoms with E-state index >= 15 is 0 Å². The summed E-state index contributed by atoms with van der Waals surface area (Å²) in [4.78, 5) is 25.5. The Bertz CT molecular complexity index is 786. The van der Waals surface area contributed by atoms with Crippen molar-refractivity contribution in [1.29, 1.82) is 0 Å². The molecule has 1 aliphatic rings. The van der Waals surface area contributed by atoms with Gasteiger partial charge in [-0.25, -0.2) is 17.9 Å². The fourth-order valence-corrected chi connectivity index (χ4v) is 4.25. The minimum absolute atomic E-state index is 0.0891. The second kappa shape index (κ2) is 9.18. The van der Waals surface area contributed by atoms with Crippen LogP contribution in [0, 0.1) is 13.8 Å². The molecule has 0 radical (unpaired) electrons. The molecule has 1 aromatic rings. The molecule has 1 saturated heterocycles. The molecule has 2 amide bonds. The molecule has 27 heavy (non-hydrogen) atoms. The van der Waals surface area contributed by atoms with Crippen molar-refractivity contribution in [3.8, 4) is 0 Å². The molecule has 0 unspecified atom stereocenters. The number of amides is 2. The van der Waals surface area contributed by atoms with Crippen LogP contribution in [0.25, 0.3) is 0 Å². The van der Waals surface area contributed by atoms with Gasteiger partial charge in [-0.2, -0.15) is 0 Å². The first-order valence-corrected chi connectivity index (χ1v) is 10.5. The minimum Gasteiger partial charge on any atom is -0.450 e. The second-order valence-corrected chi connectivity index (χ2v) is 8.36. The molecule has 0 saturated carbocycles. The zero-order valence-electron chi connectivity index (χ0n) is 15.9. The van der Waals surface area contributed by atoms with Gasteiger partial charge in [0.25, 0.3) is 0 Å². The molecule has 0 atom stereocenters. The molecular formula is C18H27N3O5S. The summed E-state index contributed by atoms with van der Waals surface area (Å²) in [6.07, 6.45) is 0.867. The third-order valence-electron chi connectivity index (χ3n) is 4.43. The normalized spacial score (nSPS) is 15.4. The summed E-state index contributed by atoms with van der Waals surface area (Å²) in [7, 11) is -3.75. The van der Waals surface area contributed by atoms with Gasteiger partial charge in [-0.05, 0) is 45.2 Å². The van der Waals surface area contributed by atoms with Gasteiger partial charge in [-0.15, -0.1) is 0 Å². The quantitative estimate of drug-likeness (QED) is 0.753. The Balaban J connectivity index is 1.82. The number of hydrogen-bond acceptors (Lipinski definition) is 5. The molecule has 0 aromatic heterocycles. The molecule has 9 heteroatoms. The van der Waals surface area contributed by atoms with Crippen LogP contribution in [-0.4, -0.2) is 57.6 Å². The van der Waals surface area contributed by atoms with Crippen LogP contribution >= 0.6 is 0 Å². The van der Waals surface area contributed by atoms with Gasteiger partial charge in [0.2, 0.25) is 15.9 Å². The number of nitrogens with one attached hydrogen (secondary N) is 2. The Morgan fingerprint density at radius 3 is 2.48 bits per heavy atom. The number of benzene rings is 1. The predicted octanol–water partition coefficient (Wildman–Crippen LogP) is 1.32. The highest BCUT2D eigenvalue weighted by Gasteiger charge is 2.25. The molecular weight excluding hydrogens is 370 g/mol. The standard InChI is InChI=1S/C18H27N3O5S/c1-4-26-18(23)21-9-7-15(8-10-21)20-17(22)12-19-27(24,25)16-6-5-13(2)11-14(16)3/h5-6,11,15,19H,4,7-10,12H2,1-3H3,(H,20,22). The molecule has 1 aliphatic heterocycles. The molecule has 8 nitrogen and oxygen atoms in total. The first kappa shape index (κ1) is 21.2. The number of ether oxygens (including phenoxy) is 1. The van der Waals surface area contributed by atoms with Crippen LogP contribution in [0.5, 0.6) is 0 Å². The van der Waals surface area contributed by atoms with Crippen molar-refractivity contribution in [2.75, 3.05) is 26.2 Å². The largest absolute Gasteiger partial charge is 0.450 e. The second-order valence-electron chi connectivity index (χ2n) is 6.62. The summed E-state index contributed by atoms with van der Waals surface area (Å²) in [5.41, 5.74) is 1.60. The van der Waals surface area contributed by atoms with Crippen LogP contribution in [-0.2, 0) is 19.6 Å². The number of likely N-dealkylation sites (tertiary alicyclic amines) is 1. The monoisotopic (exact) mass is 397 g/mol. The number of sulfonamides is 1. The Hall–Kier alpha value is -2.13. The van der Waals surface area contributed by atoms with Crippen LogP contribution < -0.4 is 10.0 Å². The van der Waals surface area contributed by atoms with Crippen LogP contribution in [0.4, 0.5) is 4.79 Å². The maximum absolute atomic E-state index is 12.4. The van der Waals surface area contributed by atoms with E-state index in [0.717, 1.165) is 5.56 Å². The first-order valence-electron chi connectivity index (χ1n) is 9.01. The van der Waals surface area contributed by atoms with Crippen molar-refractivity contribution >= 4 is 22.0 Å². The fraction of sp³-hybridized carbons (Fsp3) is 0.556. The van der Waals surface area contributed by atoms with E-state index in [2.05, 4.69) is 10.0 Å². The smallest absolute Gasteiger partial charge is 0.409 e. The van der Waals surface area contributed by atoms with E-state index in [1.807, 2.05) is 6.92 Å². The van der Waals surface area contributed by atoms with Gasteiger partial charge < -0.3 is 15.0 Å². The molecule has 2 rings (SSSR count). The molecule has 0 bridgehead atoms. The average Bonchev–Trinajstić information content (AvgIpc) is 2.60. The molecule has 2 N–H and O–H groups in total. The van der Waals surface area contributed by atoms with Gasteiger partial charge in [0.15, 0.2) is 0 Å². The topological polar surface area (TPSA) is 105 Å². The number of hydrogen-bond donors (Lipinski definition) is 2. The molecule has 1 aromatic carbocycles. The molecule has 1 fully saturated rings. The average molecular weight is 397 g/mol. The Kier molecular flexibility index (Phi) is 7.20. The molecule has 150 valence electrons. The van der Waals surface area contributed by atoms with Crippen molar-refractivity contribution in [3.63, 3.8) is 0 Å². The summed E-state index contributed by atoms with van der Waals surface area (Å²) >= 11 is 0. The van der Waals surface area contributed by atoms with E-state index in [4.69, 9.17) is 4.74 Å². The van der Waals surface area contributed by atoms with Crippen molar-refractivity contribution in [3.05, 3.63) is 29.3 Å². The van der Waals surface area contributed by atoms with Crippen molar-refractivity contribution in [2.24, 2.45) is 0 Å². The summed E-state index contributed by atoms with van der Waals surface area (Å²) in [6.45, 7) is 6.36. The maximum atomic E-state index is 12.4. The molecule has 0 spiro atoms. The van der Waals surface area contributed by atoms with Crippen LogP contribution in [0.2, 0.25) is 0 Å². The lowest BCUT2D eigenvalue weighted by atomic mass is 10.1. The highest BCUT2D eigenvalue weighted by Crippen LogP contribution is 2.16. The van der Waals surface area contributed by atoms with Gasteiger partial charge in [0.1, 0.15) is 0 Å². The number of piperidine rings is 1. The third kappa shape index (κ3) is 5.93. The first-order chi connectivity index (χ1) is 12.7. The van der Waals surface area contributed by atoms with Gasteiger partial charge in [0.05, 0.1) is 18.0 Å². The summed E-state index contributed by atoms with van der Waals surface area (Å²) < 4.78 is 32.1. The number of aryl methyl sites for hydroxylation is 2. The molecule has 1 heterocycles. The SMILES string of the molecule is CCOC(=O)N1CCC(NC(=O)CNS(=O)(=O)c2ccc(C)cc2C)CC1. The van der Waals surface area contributed by atoms with Gasteiger partial charge in [0, 0.05) is 19.1 Å². The van der Waals surface area contributed by atoms with Gasteiger partial charge >= 0.3 is 6.09 Å². The van der Waals surface area contributed by atoms with Crippen molar-refractivity contribution < 1.29 is 22.7 Å². The minimum atomic E-state index is -3.75. The lowest BCUT2D eigenvalue weighted by Crippen LogP contribution is -2.48. The number of carbonyl (C=O) groups excluding carboxylic acids is 2. The van der Waals surface area contributed by atoms with E-state index in [1.54, 1.807) is 30.9 Å². The lowest BCUT2D eigenvalue weighted by Gasteiger charge is -2.31. The number of carbonyl (C=O) groups is 2. The van der Waals surface area contributed by atoms with Crippen LogP contribution in [0.1, 0.15) is 30.9 Å². The number of nitrogens with zero attached hydrogens (tertiary/aromatic N) is 1. The van der Waals surface area contributed by atoms with Crippen LogP contribution in [0.15, 0.2) is 23.1 Å².